The van der Waals surface area contributed by atoms with E-state index >= 15 is 0 Å². The van der Waals surface area contributed by atoms with Gasteiger partial charge in [-0.1, -0.05) is 12.1 Å². The van der Waals surface area contributed by atoms with E-state index in [1.807, 2.05) is 4.90 Å². The highest BCUT2D eigenvalue weighted by Gasteiger charge is 2.33. The highest BCUT2D eigenvalue weighted by atomic mass is 19.1. The molecule has 19 heavy (non-hydrogen) atoms. The van der Waals surface area contributed by atoms with Gasteiger partial charge in [-0.3, -0.25) is 9.69 Å². The van der Waals surface area contributed by atoms with Crippen LogP contribution in [-0.4, -0.2) is 43.2 Å². The Morgan fingerprint density at radius 1 is 1.58 bits per heavy atom. The van der Waals surface area contributed by atoms with E-state index in [1.54, 1.807) is 12.1 Å². The first-order valence-electron chi connectivity index (χ1n) is 6.22. The van der Waals surface area contributed by atoms with Crippen LogP contribution in [0.4, 0.5) is 4.39 Å². The average Bonchev–Trinajstić information content (AvgIpc) is 2.40. The summed E-state index contributed by atoms with van der Waals surface area (Å²) in [4.78, 5) is 13.4. The fourth-order valence-corrected chi connectivity index (χ4v) is 2.41. The van der Waals surface area contributed by atoms with Gasteiger partial charge in [0, 0.05) is 19.1 Å². The predicted octanol–water partition coefficient (Wildman–Crippen LogP) is 0.0116. The number of carbonyl (C=O) groups is 1. The van der Waals surface area contributed by atoms with Crippen molar-refractivity contribution >= 4 is 5.91 Å². The number of primary amides is 1. The number of morpholine rings is 1. The lowest BCUT2D eigenvalue weighted by atomic mass is 10.0. The highest BCUT2D eigenvalue weighted by Crippen LogP contribution is 2.24. The van der Waals surface area contributed by atoms with Gasteiger partial charge in [0.15, 0.2) is 0 Å². The SMILES string of the molecule is NCC(c1cccc(F)c1)N1CCOCC1C(N)=O. The van der Waals surface area contributed by atoms with Gasteiger partial charge in [-0.05, 0) is 17.7 Å². The zero-order chi connectivity index (χ0) is 13.8. The van der Waals surface area contributed by atoms with Crippen molar-refractivity contribution < 1.29 is 13.9 Å². The molecule has 1 saturated heterocycles. The lowest BCUT2D eigenvalue weighted by Gasteiger charge is -2.39. The van der Waals surface area contributed by atoms with E-state index in [2.05, 4.69) is 0 Å². The zero-order valence-electron chi connectivity index (χ0n) is 10.6. The Balaban J connectivity index is 2.26. The van der Waals surface area contributed by atoms with Gasteiger partial charge in [0.25, 0.3) is 0 Å². The molecule has 5 nitrogen and oxygen atoms in total. The van der Waals surface area contributed by atoms with Crippen LogP contribution in [0.5, 0.6) is 0 Å². The van der Waals surface area contributed by atoms with E-state index in [4.69, 9.17) is 16.2 Å². The summed E-state index contributed by atoms with van der Waals surface area (Å²) >= 11 is 0. The highest BCUT2D eigenvalue weighted by molar-refractivity contribution is 5.80. The van der Waals surface area contributed by atoms with Gasteiger partial charge in [-0.2, -0.15) is 0 Å². The lowest BCUT2D eigenvalue weighted by Crippen LogP contribution is -2.54. The average molecular weight is 267 g/mol. The van der Waals surface area contributed by atoms with Crippen molar-refractivity contribution in [1.29, 1.82) is 0 Å². The largest absolute Gasteiger partial charge is 0.378 e. The van der Waals surface area contributed by atoms with E-state index in [1.165, 1.54) is 12.1 Å². The third-order valence-electron chi connectivity index (χ3n) is 3.36. The van der Waals surface area contributed by atoms with Crippen molar-refractivity contribution in [1.82, 2.24) is 4.90 Å². The molecule has 1 aromatic rings. The molecule has 0 aliphatic carbocycles. The lowest BCUT2D eigenvalue weighted by molar-refractivity contribution is -0.131. The van der Waals surface area contributed by atoms with Crippen LogP contribution in [0, 0.1) is 5.82 Å². The van der Waals surface area contributed by atoms with Crippen LogP contribution >= 0.6 is 0 Å². The van der Waals surface area contributed by atoms with Gasteiger partial charge in [0.1, 0.15) is 11.9 Å². The summed E-state index contributed by atoms with van der Waals surface area (Å²) in [7, 11) is 0. The molecule has 2 rings (SSSR count). The normalized spacial score (nSPS) is 22.1. The Bertz CT molecular complexity index is 455. The van der Waals surface area contributed by atoms with Gasteiger partial charge < -0.3 is 16.2 Å². The zero-order valence-corrected chi connectivity index (χ0v) is 10.6. The van der Waals surface area contributed by atoms with Gasteiger partial charge >= 0.3 is 0 Å². The molecule has 1 aliphatic heterocycles. The fourth-order valence-electron chi connectivity index (χ4n) is 2.41. The molecule has 1 aromatic carbocycles. The predicted molar refractivity (Wildman–Crippen MR) is 68.7 cm³/mol. The second-order valence-corrected chi connectivity index (χ2v) is 4.54. The summed E-state index contributed by atoms with van der Waals surface area (Å²) in [5.41, 5.74) is 11.9. The first-order chi connectivity index (χ1) is 9.13. The first kappa shape index (κ1) is 13.9. The molecule has 1 amide bonds. The number of ether oxygens (including phenoxy) is 1. The summed E-state index contributed by atoms with van der Waals surface area (Å²) < 4.78 is 18.6. The molecule has 2 atom stereocenters. The van der Waals surface area contributed by atoms with E-state index in [9.17, 15) is 9.18 Å². The van der Waals surface area contributed by atoms with E-state index in [-0.39, 0.29) is 25.0 Å². The Labute approximate surface area is 111 Å². The van der Waals surface area contributed by atoms with Gasteiger partial charge in [0.2, 0.25) is 5.91 Å². The molecule has 6 heteroatoms. The quantitative estimate of drug-likeness (QED) is 0.805. The van der Waals surface area contributed by atoms with Crippen LogP contribution in [0.2, 0.25) is 0 Å². The molecule has 1 heterocycles. The first-order valence-corrected chi connectivity index (χ1v) is 6.22. The molecule has 1 aliphatic rings. The molecule has 0 radical (unpaired) electrons. The Morgan fingerprint density at radius 2 is 2.37 bits per heavy atom. The summed E-state index contributed by atoms with van der Waals surface area (Å²) in [6.07, 6.45) is 0. The Morgan fingerprint density at radius 3 is 3.00 bits per heavy atom. The second kappa shape index (κ2) is 6.10. The molecule has 0 spiro atoms. The van der Waals surface area contributed by atoms with E-state index in [0.717, 1.165) is 5.56 Å². The summed E-state index contributed by atoms with van der Waals surface area (Å²) in [6.45, 7) is 1.59. The number of benzene rings is 1. The van der Waals surface area contributed by atoms with Crippen LogP contribution in [0.1, 0.15) is 11.6 Å². The number of hydrogen-bond acceptors (Lipinski definition) is 4. The van der Waals surface area contributed by atoms with Crippen LogP contribution in [0.15, 0.2) is 24.3 Å². The smallest absolute Gasteiger partial charge is 0.237 e. The Hall–Kier alpha value is -1.50. The van der Waals surface area contributed by atoms with Crippen LogP contribution in [0.3, 0.4) is 0 Å². The topological polar surface area (TPSA) is 81.6 Å². The number of amides is 1. The molecule has 4 N–H and O–H groups in total. The van der Waals surface area contributed by atoms with Crippen LogP contribution < -0.4 is 11.5 Å². The molecule has 104 valence electrons. The second-order valence-electron chi connectivity index (χ2n) is 4.54. The molecular formula is C13H18FN3O2. The van der Waals surface area contributed by atoms with Gasteiger partial charge in [-0.15, -0.1) is 0 Å². The maximum atomic E-state index is 13.3. The number of carbonyl (C=O) groups excluding carboxylic acids is 1. The van der Waals surface area contributed by atoms with E-state index in [0.29, 0.717) is 13.2 Å². The molecule has 0 bridgehead atoms. The van der Waals surface area contributed by atoms with Crippen LogP contribution in [0.25, 0.3) is 0 Å². The number of nitrogens with zero attached hydrogens (tertiary/aromatic N) is 1. The monoisotopic (exact) mass is 267 g/mol. The van der Waals surface area contributed by atoms with Gasteiger partial charge in [-0.25, -0.2) is 4.39 Å². The summed E-state index contributed by atoms with van der Waals surface area (Å²) in [5, 5.41) is 0. The number of nitrogens with two attached hydrogens (primary N) is 2. The number of hydrogen-bond donors (Lipinski definition) is 2. The summed E-state index contributed by atoms with van der Waals surface area (Å²) in [5.74, 6) is -0.769. The summed E-state index contributed by atoms with van der Waals surface area (Å²) in [6, 6.07) is 5.48. The van der Waals surface area contributed by atoms with E-state index < -0.39 is 11.9 Å². The maximum Gasteiger partial charge on any atom is 0.237 e. The fraction of sp³-hybridized carbons (Fsp3) is 0.462. The molecule has 2 unspecified atom stereocenters. The standard InChI is InChI=1S/C13H18FN3O2/c14-10-3-1-2-9(6-10)11(7-15)17-4-5-19-8-12(17)13(16)18/h1-3,6,11-12H,4-5,7-8,15H2,(H2,16,18). The van der Waals surface area contributed by atoms with Crippen molar-refractivity contribution in [3.63, 3.8) is 0 Å². The maximum absolute atomic E-state index is 13.3. The third-order valence-corrected chi connectivity index (χ3v) is 3.36. The third kappa shape index (κ3) is 3.09. The van der Waals surface area contributed by atoms with Crippen molar-refractivity contribution in [3.05, 3.63) is 35.6 Å². The number of halogens is 1. The molecule has 1 fully saturated rings. The molecule has 0 saturated carbocycles. The van der Waals surface area contributed by atoms with Crippen molar-refractivity contribution in [2.45, 2.75) is 12.1 Å². The van der Waals surface area contributed by atoms with Gasteiger partial charge in [0.05, 0.1) is 13.2 Å². The van der Waals surface area contributed by atoms with Crippen molar-refractivity contribution in [2.75, 3.05) is 26.3 Å². The van der Waals surface area contributed by atoms with Crippen molar-refractivity contribution in [2.24, 2.45) is 11.5 Å². The molecule has 0 aromatic heterocycles. The minimum absolute atomic E-state index is 0.239. The van der Waals surface area contributed by atoms with Crippen molar-refractivity contribution in [3.8, 4) is 0 Å². The minimum atomic E-state index is -0.523. The van der Waals surface area contributed by atoms with Crippen LogP contribution in [-0.2, 0) is 9.53 Å². The molecular weight excluding hydrogens is 249 g/mol. The minimum Gasteiger partial charge on any atom is -0.378 e. The Kier molecular flexibility index (Phi) is 4.47. The number of rotatable bonds is 4.